The molecule has 1 aromatic heterocycles. The van der Waals surface area contributed by atoms with Crippen molar-refractivity contribution < 1.29 is 9.53 Å². The minimum Gasteiger partial charge on any atom is -0.497 e. The lowest BCUT2D eigenvalue weighted by Crippen LogP contribution is -2.03. The Morgan fingerprint density at radius 1 is 1.41 bits per heavy atom. The average molecular weight is 248 g/mol. The molecule has 0 spiro atoms. The minimum atomic E-state index is 0.0259. The molecule has 5 heteroatoms. The molecule has 17 heavy (non-hydrogen) atoms. The molecule has 2 rings (SSSR count). The van der Waals surface area contributed by atoms with E-state index in [0.717, 1.165) is 5.75 Å². The number of carbonyl (C=O) groups is 1. The lowest BCUT2D eigenvalue weighted by Gasteiger charge is -2.01. The summed E-state index contributed by atoms with van der Waals surface area (Å²) in [5.74, 6) is 0.761. The monoisotopic (exact) mass is 248 g/mol. The summed E-state index contributed by atoms with van der Waals surface area (Å²) in [4.78, 5) is 16.0. The fraction of sp³-hybridized carbons (Fsp3) is 0.167. The molecule has 2 aromatic rings. The van der Waals surface area contributed by atoms with Crippen LogP contribution in [0.2, 0.25) is 0 Å². The van der Waals surface area contributed by atoms with Gasteiger partial charge in [-0.25, -0.2) is 4.98 Å². The molecular formula is C12H12N2O2S. The Kier molecular flexibility index (Phi) is 3.39. The van der Waals surface area contributed by atoms with Gasteiger partial charge in [0, 0.05) is 10.9 Å². The van der Waals surface area contributed by atoms with Gasteiger partial charge in [0.2, 0.25) is 0 Å². The van der Waals surface area contributed by atoms with Crippen LogP contribution in [-0.2, 0) is 6.42 Å². The fourth-order valence-electron chi connectivity index (χ4n) is 1.45. The van der Waals surface area contributed by atoms with Crippen molar-refractivity contribution in [3.05, 3.63) is 40.9 Å². The zero-order valence-electron chi connectivity index (χ0n) is 9.34. The molecule has 0 saturated heterocycles. The van der Waals surface area contributed by atoms with Crippen LogP contribution in [0.3, 0.4) is 0 Å². The van der Waals surface area contributed by atoms with Crippen LogP contribution in [0.1, 0.15) is 16.1 Å². The van der Waals surface area contributed by atoms with Crippen LogP contribution in [0.15, 0.2) is 29.6 Å². The summed E-state index contributed by atoms with van der Waals surface area (Å²) < 4.78 is 5.03. The van der Waals surface area contributed by atoms with E-state index in [-0.39, 0.29) is 12.2 Å². The third-order valence-corrected chi connectivity index (χ3v) is 3.05. The Balaban J connectivity index is 2.09. The fourth-order valence-corrected chi connectivity index (χ4v) is 2.01. The van der Waals surface area contributed by atoms with Gasteiger partial charge in [0.15, 0.2) is 10.9 Å². The standard InChI is InChI=1S/C12H12N2O2S/c1-16-10-4-2-8(3-5-10)11(15)6-9-7-17-12(13)14-9/h2-5,7H,6H2,1H3,(H2,13,14). The molecule has 4 nitrogen and oxygen atoms in total. The number of aromatic nitrogens is 1. The number of anilines is 1. The number of rotatable bonds is 4. The molecule has 0 radical (unpaired) electrons. The number of hydrogen-bond acceptors (Lipinski definition) is 5. The quantitative estimate of drug-likeness (QED) is 0.842. The first-order valence-corrected chi connectivity index (χ1v) is 5.94. The van der Waals surface area contributed by atoms with Crippen molar-refractivity contribution in [1.82, 2.24) is 4.98 Å². The summed E-state index contributed by atoms with van der Waals surface area (Å²) in [6.07, 6.45) is 0.278. The molecule has 0 amide bonds. The molecule has 1 heterocycles. The van der Waals surface area contributed by atoms with Gasteiger partial charge in [0.05, 0.1) is 19.2 Å². The van der Waals surface area contributed by atoms with E-state index in [9.17, 15) is 4.79 Å². The first kappa shape index (κ1) is 11.6. The van der Waals surface area contributed by atoms with Gasteiger partial charge in [-0.1, -0.05) is 0 Å². The Labute approximate surface area is 103 Å². The molecule has 0 bridgehead atoms. The van der Waals surface area contributed by atoms with Crippen molar-refractivity contribution in [2.24, 2.45) is 0 Å². The van der Waals surface area contributed by atoms with Crippen LogP contribution < -0.4 is 10.5 Å². The third-order valence-electron chi connectivity index (χ3n) is 2.32. The van der Waals surface area contributed by atoms with E-state index in [1.807, 2.05) is 0 Å². The number of Topliss-reactive ketones (excluding diaryl/α,β-unsaturated/α-hetero) is 1. The van der Waals surface area contributed by atoms with E-state index >= 15 is 0 Å². The molecule has 0 unspecified atom stereocenters. The second-order valence-corrected chi connectivity index (χ2v) is 4.40. The van der Waals surface area contributed by atoms with E-state index in [1.54, 1.807) is 36.8 Å². The number of ether oxygens (including phenoxy) is 1. The SMILES string of the molecule is COc1ccc(C(=O)Cc2csc(N)n2)cc1. The molecule has 0 atom stereocenters. The van der Waals surface area contributed by atoms with Crippen molar-refractivity contribution in [3.8, 4) is 5.75 Å². The smallest absolute Gasteiger partial charge is 0.180 e. The number of thiazole rings is 1. The summed E-state index contributed by atoms with van der Waals surface area (Å²) in [6, 6.07) is 7.03. The third kappa shape index (κ3) is 2.82. The van der Waals surface area contributed by atoms with E-state index in [0.29, 0.717) is 16.4 Å². The molecule has 0 aliphatic rings. The van der Waals surface area contributed by atoms with Gasteiger partial charge in [-0.05, 0) is 24.3 Å². The predicted molar refractivity (Wildman–Crippen MR) is 67.6 cm³/mol. The van der Waals surface area contributed by atoms with Gasteiger partial charge in [0.25, 0.3) is 0 Å². The van der Waals surface area contributed by atoms with Gasteiger partial charge in [-0.3, -0.25) is 4.79 Å². The van der Waals surface area contributed by atoms with Crippen molar-refractivity contribution in [2.75, 3.05) is 12.8 Å². The van der Waals surface area contributed by atoms with Crippen molar-refractivity contribution in [2.45, 2.75) is 6.42 Å². The van der Waals surface area contributed by atoms with Gasteiger partial charge < -0.3 is 10.5 Å². The number of hydrogen-bond donors (Lipinski definition) is 1. The predicted octanol–water partition coefficient (Wildman–Crippen LogP) is 2.16. The highest BCUT2D eigenvalue weighted by atomic mass is 32.1. The normalized spacial score (nSPS) is 10.2. The first-order valence-electron chi connectivity index (χ1n) is 5.06. The number of methoxy groups -OCH3 is 1. The number of nitrogens with zero attached hydrogens (tertiary/aromatic N) is 1. The molecule has 88 valence electrons. The minimum absolute atomic E-state index is 0.0259. The zero-order chi connectivity index (χ0) is 12.3. The molecule has 1 aromatic carbocycles. The van der Waals surface area contributed by atoms with E-state index in [4.69, 9.17) is 10.5 Å². The lowest BCUT2D eigenvalue weighted by molar-refractivity contribution is 0.0992. The maximum absolute atomic E-state index is 11.9. The van der Waals surface area contributed by atoms with Crippen LogP contribution in [0.5, 0.6) is 5.75 Å². The van der Waals surface area contributed by atoms with Crippen LogP contribution in [0.4, 0.5) is 5.13 Å². The highest BCUT2D eigenvalue weighted by Gasteiger charge is 2.09. The highest BCUT2D eigenvalue weighted by Crippen LogP contribution is 2.15. The van der Waals surface area contributed by atoms with Crippen molar-refractivity contribution in [3.63, 3.8) is 0 Å². The largest absolute Gasteiger partial charge is 0.497 e. The van der Waals surface area contributed by atoms with Crippen LogP contribution in [-0.4, -0.2) is 17.9 Å². The lowest BCUT2D eigenvalue weighted by atomic mass is 10.1. The van der Waals surface area contributed by atoms with Crippen molar-refractivity contribution >= 4 is 22.3 Å². The Bertz CT molecular complexity index is 520. The molecule has 0 fully saturated rings. The second-order valence-electron chi connectivity index (χ2n) is 3.51. The van der Waals surface area contributed by atoms with Crippen LogP contribution in [0.25, 0.3) is 0 Å². The number of nitrogen functional groups attached to an aromatic ring is 1. The number of carbonyl (C=O) groups excluding carboxylic acids is 1. The number of nitrogens with two attached hydrogens (primary N) is 1. The van der Waals surface area contributed by atoms with Gasteiger partial charge >= 0.3 is 0 Å². The average Bonchev–Trinajstić information content (AvgIpc) is 2.75. The molecule has 0 aliphatic heterocycles. The maximum atomic E-state index is 11.9. The number of ketones is 1. The summed E-state index contributed by atoms with van der Waals surface area (Å²) >= 11 is 1.34. The molecule has 2 N–H and O–H groups in total. The summed E-state index contributed by atoms with van der Waals surface area (Å²) in [6.45, 7) is 0. The Hall–Kier alpha value is -1.88. The number of benzene rings is 1. The van der Waals surface area contributed by atoms with E-state index < -0.39 is 0 Å². The highest BCUT2D eigenvalue weighted by molar-refractivity contribution is 7.13. The molecule has 0 aliphatic carbocycles. The second kappa shape index (κ2) is 4.97. The first-order chi connectivity index (χ1) is 8.19. The van der Waals surface area contributed by atoms with Gasteiger partial charge in [0.1, 0.15) is 5.75 Å². The van der Waals surface area contributed by atoms with Crippen LogP contribution >= 0.6 is 11.3 Å². The van der Waals surface area contributed by atoms with Crippen LogP contribution in [0, 0.1) is 0 Å². The topological polar surface area (TPSA) is 65.2 Å². The Morgan fingerprint density at radius 3 is 2.65 bits per heavy atom. The maximum Gasteiger partial charge on any atom is 0.180 e. The van der Waals surface area contributed by atoms with Gasteiger partial charge in [-0.15, -0.1) is 11.3 Å². The molecule has 0 saturated carbocycles. The summed E-state index contributed by atoms with van der Waals surface area (Å²) in [7, 11) is 1.59. The van der Waals surface area contributed by atoms with E-state index in [2.05, 4.69) is 4.98 Å². The van der Waals surface area contributed by atoms with E-state index in [1.165, 1.54) is 11.3 Å². The molecular weight excluding hydrogens is 236 g/mol. The summed E-state index contributed by atoms with van der Waals surface area (Å²) in [5.41, 5.74) is 6.88. The summed E-state index contributed by atoms with van der Waals surface area (Å²) in [5, 5.41) is 2.29. The Morgan fingerprint density at radius 2 is 2.12 bits per heavy atom. The van der Waals surface area contributed by atoms with Gasteiger partial charge in [-0.2, -0.15) is 0 Å². The van der Waals surface area contributed by atoms with Crippen molar-refractivity contribution in [1.29, 1.82) is 0 Å². The zero-order valence-corrected chi connectivity index (χ0v) is 10.2.